The fraction of sp³-hybridized carbons (Fsp3) is 0.611. The van der Waals surface area contributed by atoms with E-state index in [0.29, 0.717) is 32.4 Å². The lowest BCUT2D eigenvalue weighted by molar-refractivity contribution is -0.147. The number of ketones is 1. The monoisotopic (exact) mass is 622 g/mol. The Hall–Kier alpha value is -3.30. The summed E-state index contributed by atoms with van der Waals surface area (Å²) >= 11 is 0. The van der Waals surface area contributed by atoms with Crippen molar-refractivity contribution in [1.29, 1.82) is 0 Å². The predicted octanol–water partition coefficient (Wildman–Crippen LogP) is 5.23. The molecule has 0 spiro atoms. The van der Waals surface area contributed by atoms with Gasteiger partial charge in [0.05, 0.1) is 12.1 Å². The molecule has 3 amide bonds. The molecule has 9 nitrogen and oxygen atoms in total. The van der Waals surface area contributed by atoms with Crippen LogP contribution in [0.2, 0.25) is 0 Å². The number of piperidine rings is 1. The highest BCUT2D eigenvalue weighted by atomic mass is 16.5. The summed E-state index contributed by atoms with van der Waals surface area (Å²) in [6.45, 7) is 16.0. The lowest BCUT2D eigenvalue weighted by Gasteiger charge is -2.41. The van der Waals surface area contributed by atoms with E-state index in [-0.39, 0.29) is 53.9 Å². The van der Waals surface area contributed by atoms with Crippen molar-refractivity contribution in [3.05, 3.63) is 54.6 Å². The summed E-state index contributed by atoms with van der Waals surface area (Å²) < 4.78 is 5.55. The Morgan fingerprint density at radius 1 is 1.07 bits per heavy atom. The van der Waals surface area contributed by atoms with Gasteiger partial charge in [0.1, 0.15) is 17.9 Å². The molecule has 1 aromatic carbocycles. The number of allylic oxidation sites excluding steroid dienone is 1. The second-order valence-electron chi connectivity index (χ2n) is 12.9. The molecule has 2 saturated heterocycles. The number of ether oxygens (including phenoxy) is 1. The van der Waals surface area contributed by atoms with E-state index in [4.69, 9.17) is 4.74 Å². The zero-order chi connectivity index (χ0) is 33.1. The Labute approximate surface area is 269 Å². The first-order valence-electron chi connectivity index (χ1n) is 16.6. The molecule has 0 aromatic heterocycles. The average Bonchev–Trinajstić information content (AvgIpc) is 3.06. The third kappa shape index (κ3) is 9.60. The number of hydrazine groups is 1. The van der Waals surface area contributed by atoms with Crippen molar-refractivity contribution in [3.63, 3.8) is 0 Å². The number of carbonyl (C=O) groups is 4. The zero-order valence-corrected chi connectivity index (χ0v) is 27.9. The van der Waals surface area contributed by atoms with Gasteiger partial charge >= 0.3 is 0 Å². The number of likely N-dealkylation sites (tertiary alicyclic amines) is 1. The van der Waals surface area contributed by atoms with Crippen molar-refractivity contribution in [2.45, 2.75) is 103 Å². The van der Waals surface area contributed by atoms with Crippen molar-refractivity contribution in [2.24, 2.45) is 17.8 Å². The molecule has 0 saturated carbocycles. The molecule has 0 radical (unpaired) electrons. The van der Waals surface area contributed by atoms with E-state index in [1.165, 1.54) is 5.01 Å². The van der Waals surface area contributed by atoms with Gasteiger partial charge in [0.25, 0.3) is 5.91 Å². The molecule has 0 aliphatic carbocycles. The number of nitrogens with one attached hydrogen (secondary N) is 2. The van der Waals surface area contributed by atoms with E-state index in [2.05, 4.69) is 36.0 Å². The van der Waals surface area contributed by atoms with E-state index in [1.807, 2.05) is 43.9 Å². The van der Waals surface area contributed by atoms with Gasteiger partial charge in [0.15, 0.2) is 0 Å². The SMILES string of the molecule is C=CCC[C@@H](OC)[C@@H](C)C(=O)C[C@H](C(=O)N[C@@H](C)C(=O)N1CCC[C@@H](C(=O)N2CCCCC2c2cccc(C=C)c2)N1)C(C)C. The highest BCUT2D eigenvalue weighted by Crippen LogP contribution is 2.33. The number of rotatable bonds is 15. The number of amides is 3. The quantitative estimate of drug-likeness (QED) is 0.260. The lowest BCUT2D eigenvalue weighted by atomic mass is 9.84. The highest BCUT2D eigenvalue weighted by Gasteiger charge is 2.37. The molecule has 1 unspecified atom stereocenters. The minimum atomic E-state index is -0.823. The van der Waals surface area contributed by atoms with Crippen LogP contribution in [0, 0.1) is 17.8 Å². The van der Waals surface area contributed by atoms with Gasteiger partial charge in [0, 0.05) is 38.5 Å². The third-order valence-corrected chi connectivity index (χ3v) is 9.38. The van der Waals surface area contributed by atoms with Gasteiger partial charge < -0.3 is 15.0 Å². The molecule has 248 valence electrons. The van der Waals surface area contributed by atoms with E-state index < -0.39 is 18.0 Å². The minimum Gasteiger partial charge on any atom is -0.381 e. The maximum absolute atomic E-state index is 13.8. The summed E-state index contributed by atoms with van der Waals surface area (Å²) in [5, 5.41) is 4.34. The van der Waals surface area contributed by atoms with E-state index in [0.717, 1.165) is 36.8 Å². The number of hydrogen-bond acceptors (Lipinski definition) is 6. The molecule has 2 aliphatic rings. The van der Waals surface area contributed by atoms with Crippen LogP contribution >= 0.6 is 0 Å². The fourth-order valence-electron chi connectivity index (χ4n) is 6.47. The van der Waals surface area contributed by atoms with Crippen LogP contribution in [0.3, 0.4) is 0 Å². The number of nitrogens with zero attached hydrogens (tertiary/aromatic N) is 2. The first-order chi connectivity index (χ1) is 21.5. The molecule has 2 heterocycles. The summed E-state index contributed by atoms with van der Waals surface area (Å²) in [7, 11) is 1.59. The Bertz CT molecular complexity index is 1200. The van der Waals surface area contributed by atoms with Gasteiger partial charge in [0.2, 0.25) is 11.8 Å². The van der Waals surface area contributed by atoms with Crippen molar-refractivity contribution in [2.75, 3.05) is 20.2 Å². The van der Waals surface area contributed by atoms with Crippen LogP contribution in [0.4, 0.5) is 0 Å². The summed E-state index contributed by atoms with van der Waals surface area (Å²) in [6, 6.07) is 6.80. The molecule has 2 fully saturated rings. The van der Waals surface area contributed by atoms with E-state index in [1.54, 1.807) is 20.1 Å². The molecule has 6 atom stereocenters. The molecule has 45 heavy (non-hydrogen) atoms. The molecule has 9 heteroatoms. The second kappa shape index (κ2) is 17.4. The number of hydrogen-bond donors (Lipinski definition) is 2. The summed E-state index contributed by atoms with van der Waals surface area (Å²) in [4.78, 5) is 55.9. The Kier molecular flexibility index (Phi) is 14.0. The first kappa shape index (κ1) is 36.2. The minimum absolute atomic E-state index is 0.00662. The van der Waals surface area contributed by atoms with Crippen LogP contribution in [0.15, 0.2) is 43.5 Å². The summed E-state index contributed by atoms with van der Waals surface area (Å²) in [5.41, 5.74) is 5.31. The summed E-state index contributed by atoms with van der Waals surface area (Å²) in [5.74, 6) is -1.71. The van der Waals surface area contributed by atoms with Gasteiger partial charge in [-0.25, -0.2) is 5.43 Å². The van der Waals surface area contributed by atoms with Gasteiger partial charge in [-0.1, -0.05) is 57.7 Å². The van der Waals surface area contributed by atoms with Crippen molar-refractivity contribution >= 4 is 29.6 Å². The number of carbonyl (C=O) groups excluding carboxylic acids is 4. The molecule has 0 bridgehead atoms. The van der Waals surface area contributed by atoms with Gasteiger partial charge in [-0.2, -0.15) is 0 Å². The van der Waals surface area contributed by atoms with Gasteiger partial charge in [-0.05, 0) is 75.0 Å². The molecular weight excluding hydrogens is 568 g/mol. The van der Waals surface area contributed by atoms with Crippen LogP contribution in [0.5, 0.6) is 0 Å². The molecular formula is C36H54N4O5. The van der Waals surface area contributed by atoms with Crippen LogP contribution in [0.25, 0.3) is 6.08 Å². The normalized spacial score (nSPS) is 21.4. The highest BCUT2D eigenvalue weighted by molar-refractivity contribution is 5.92. The standard InChI is InChI=1S/C36H54N4O5/c1-8-10-19-33(45-7)25(5)32(41)23-29(24(3)4)34(42)37-26(6)35(43)40-21-14-17-30(38-40)36(44)39-20-12-11-18-31(39)28-16-13-15-27(9-2)22-28/h8-9,13,15-16,22,24-26,29-31,33,38H,1-2,10-12,14,17-21,23H2,3-7H3,(H,37,42)/t25-,26-,29-,30-,31?,33+/m0/s1. The smallest absolute Gasteiger partial charge is 0.258 e. The molecule has 3 rings (SSSR count). The van der Waals surface area contributed by atoms with Crippen LogP contribution in [-0.4, -0.2) is 71.8 Å². The topological polar surface area (TPSA) is 108 Å². The first-order valence-corrected chi connectivity index (χ1v) is 16.6. The van der Waals surface area contributed by atoms with E-state index in [9.17, 15) is 19.2 Å². The maximum Gasteiger partial charge on any atom is 0.258 e. The van der Waals surface area contributed by atoms with Gasteiger partial charge in [-0.15, -0.1) is 6.58 Å². The Balaban J connectivity index is 1.62. The van der Waals surface area contributed by atoms with Crippen molar-refractivity contribution in [3.8, 4) is 0 Å². The molecule has 1 aromatic rings. The lowest BCUT2D eigenvalue weighted by Crippen LogP contribution is -2.61. The molecule has 2 N–H and O–H groups in total. The fourth-order valence-corrected chi connectivity index (χ4v) is 6.47. The zero-order valence-electron chi connectivity index (χ0n) is 27.9. The van der Waals surface area contributed by atoms with Crippen LogP contribution in [0.1, 0.15) is 96.2 Å². The second-order valence-corrected chi connectivity index (χ2v) is 12.9. The van der Waals surface area contributed by atoms with Crippen LogP contribution in [-0.2, 0) is 23.9 Å². The Morgan fingerprint density at radius 3 is 2.49 bits per heavy atom. The Morgan fingerprint density at radius 2 is 1.82 bits per heavy atom. The average molecular weight is 623 g/mol. The number of methoxy groups -OCH3 is 1. The van der Waals surface area contributed by atoms with Crippen molar-refractivity contribution in [1.82, 2.24) is 20.7 Å². The third-order valence-electron chi connectivity index (χ3n) is 9.38. The number of benzene rings is 1. The maximum atomic E-state index is 13.8. The predicted molar refractivity (Wildman–Crippen MR) is 178 cm³/mol. The van der Waals surface area contributed by atoms with Crippen LogP contribution < -0.4 is 10.7 Å². The number of Topliss-reactive ketones (excluding diaryl/α,β-unsaturated/α-hetero) is 1. The van der Waals surface area contributed by atoms with Gasteiger partial charge in [-0.3, -0.25) is 24.2 Å². The van der Waals surface area contributed by atoms with Crippen molar-refractivity contribution < 1.29 is 23.9 Å². The summed E-state index contributed by atoms with van der Waals surface area (Å²) in [6.07, 6.45) is 9.06. The molecule has 2 aliphatic heterocycles. The van der Waals surface area contributed by atoms with E-state index >= 15 is 0 Å². The largest absolute Gasteiger partial charge is 0.381 e.